The minimum atomic E-state index is -0.429. The summed E-state index contributed by atoms with van der Waals surface area (Å²) in [5.74, 6) is 2.42. The highest BCUT2D eigenvalue weighted by Crippen LogP contribution is 2.43. The molecule has 0 aliphatic heterocycles. The molecule has 2 saturated carbocycles. The largest absolute Gasteiger partial charge is 0.496 e. The first kappa shape index (κ1) is 70.8. The molecule has 6 aromatic rings. The Kier molecular flexibility index (Phi) is 27.1. The van der Waals surface area contributed by atoms with Crippen molar-refractivity contribution >= 4 is 35.4 Å². The zero-order valence-corrected chi connectivity index (χ0v) is 55.9. The lowest BCUT2D eigenvalue weighted by atomic mass is 9.87. The average Bonchev–Trinajstić information content (AvgIpc) is 1.61. The quantitative estimate of drug-likeness (QED) is 0.0344. The number of carbonyl (C=O) groups excluding carboxylic acids is 6. The van der Waals surface area contributed by atoms with E-state index in [0.29, 0.717) is 67.4 Å². The summed E-state index contributed by atoms with van der Waals surface area (Å²) in [5.41, 5.74) is 5.60. The Balaban J connectivity index is 0.000000261. The number of aromatic nitrogens is 4. The Hall–Kier alpha value is -8.68. The normalized spacial score (nSPS) is 15.4. The molecule has 4 aromatic carbocycles. The third kappa shape index (κ3) is 21.2. The lowest BCUT2D eigenvalue weighted by Crippen LogP contribution is -2.42. The molecule has 6 amide bonds. The van der Waals surface area contributed by atoms with Crippen molar-refractivity contribution in [3.63, 3.8) is 0 Å². The molecule has 4 N–H and O–H groups in total. The van der Waals surface area contributed by atoms with Crippen LogP contribution in [0.4, 0.5) is 0 Å². The highest BCUT2D eigenvalue weighted by Gasteiger charge is 2.31. The Morgan fingerprint density at radius 2 is 0.978 bits per heavy atom. The highest BCUT2D eigenvalue weighted by molar-refractivity contribution is 5.96. The van der Waals surface area contributed by atoms with Gasteiger partial charge in [0, 0.05) is 59.7 Å². The van der Waals surface area contributed by atoms with E-state index >= 15 is 0 Å². The number of nitrogens with zero attached hydrogens (tertiary/aromatic N) is 6. The van der Waals surface area contributed by atoms with E-state index in [2.05, 4.69) is 28.2 Å². The molecule has 2 aliphatic carbocycles. The van der Waals surface area contributed by atoms with E-state index in [1.165, 1.54) is 29.1 Å². The van der Waals surface area contributed by atoms with Gasteiger partial charge in [-0.25, -0.2) is 0 Å². The van der Waals surface area contributed by atoms with E-state index in [4.69, 9.17) is 29.1 Å². The van der Waals surface area contributed by atoms with Crippen molar-refractivity contribution in [1.82, 2.24) is 50.6 Å². The van der Waals surface area contributed by atoms with Crippen molar-refractivity contribution in [2.24, 2.45) is 23.7 Å². The van der Waals surface area contributed by atoms with Crippen molar-refractivity contribution in [3.8, 4) is 45.5 Å². The van der Waals surface area contributed by atoms with Crippen LogP contribution in [0.15, 0.2) is 109 Å². The molecule has 2 aliphatic rings. The monoisotopic (exact) mass is 1260 g/mol. The summed E-state index contributed by atoms with van der Waals surface area (Å²) >= 11 is 0. The van der Waals surface area contributed by atoms with Gasteiger partial charge in [0.05, 0.1) is 55.9 Å². The van der Waals surface area contributed by atoms with Crippen LogP contribution in [0.2, 0.25) is 0 Å². The van der Waals surface area contributed by atoms with Gasteiger partial charge in [-0.15, -0.1) is 0 Å². The summed E-state index contributed by atoms with van der Waals surface area (Å²) in [7, 11) is 9.82. The second-order valence-corrected chi connectivity index (χ2v) is 25.7. The van der Waals surface area contributed by atoms with Gasteiger partial charge in [-0.3, -0.25) is 38.1 Å². The first-order chi connectivity index (χ1) is 44.2. The second kappa shape index (κ2) is 35.2. The van der Waals surface area contributed by atoms with Crippen LogP contribution in [0.25, 0.3) is 22.5 Å². The van der Waals surface area contributed by atoms with Crippen LogP contribution in [-0.2, 0) is 38.9 Å². The number of hydrogen-bond donors (Lipinski definition) is 4. The summed E-state index contributed by atoms with van der Waals surface area (Å²) in [6.45, 7) is 11.7. The van der Waals surface area contributed by atoms with Crippen LogP contribution in [0, 0.1) is 23.7 Å². The van der Waals surface area contributed by atoms with Gasteiger partial charge in [0.1, 0.15) is 36.2 Å². The molecule has 0 saturated heterocycles. The van der Waals surface area contributed by atoms with Gasteiger partial charge in [-0.05, 0) is 123 Å². The molecule has 0 spiro atoms. The van der Waals surface area contributed by atoms with Crippen molar-refractivity contribution < 1.29 is 47.7 Å². The zero-order valence-electron chi connectivity index (χ0n) is 55.9. The van der Waals surface area contributed by atoms with Gasteiger partial charge in [0.25, 0.3) is 11.8 Å². The van der Waals surface area contributed by atoms with Gasteiger partial charge in [0.15, 0.2) is 11.4 Å². The molecule has 2 heterocycles. The Morgan fingerprint density at radius 3 is 1.42 bits per heavy atom. The third-order valence-electron chi connectivity index (χ3n) is 16.8. The fraction of sp³-hybridized carbons (Fsp3) is 0.500. The summed E-state index contributed by atoms with van der Waals surface area (Å²) in [5, 5.41) is 21.2. The number of benzene rings is 4. The van der Waals surface area contributed by atoms with E-state index in [1.54, 1.807) is 48.5 Å². The molecule has 20 nitrogen and oxygen atoms in total. The molecule has 2 atom stereocenters. The second-order valence-electron chi connectivity index (χ2n) is 25.7. The van der Waals surface area contributed by atoms with E-state index in [1.807, 2.05) is 140 Å². The molecular weight excluding hydrogens is 1160 g/mol. The summed E-state index contributed by atoms with van der Waals surface area (Å²) in [4.78, 5) is 79.9. The maximum absolute atomic E-state index is 13.8. The van der Waals surface area contributed by atoms with Gasteiger partial charge in [-0.1, -0.05) is 127 Å². The van der Waals surface area contributed by atoms with Gasteiger partial charge in [0.2, 0.25) is 23.6 Å². The molecule has 2 aromatic heterocycles. The topological polar surface area (TPSA) is 230 Å². The first-order valence-electron chi connectivity index (χ1n) is 32.6. The fourth-order valence-electron chi connectivity index (χ4n) is 11.8. The van der Waals surface area contributed by atoms with Crippen molar-refractivity contribution in [1.29, 1.82) is 0 Å². The highest BCUT2D eigenvalue weighted by atomic mass is 16.5. The zero-order chi connectivity index (χ0) is 66.3. The van der Waals surface area contributed by atoms with Gasteiger partial charge < -0.3 is 50.0 Å². The maximum atomic E-state index is 13.8. The summed E-state index contributed by atoms with van der Waals surface area (Å²) < 4.78 is 28.3. The van der Waals surface area contributed by atoms with Crippen LogP contribution < -0.4 is 40.2 Å². The Labute approximate surface area is 543 Å². The smallest absolute Gasteiger partial charge is 0.272 e. The third-order valence-corrected chi connectivity index (χ3v) is 16.8. The number of rotatable bonds is 29. The average molecular weight is 1260 g/mol. The Bertz CT molecular complexity index is 3350. The molecular formula is C72H98N10O10. The lowest BCUT2D eigenvalue weighted by Gasteiger charge is -2.28. The molecule has 20 heteroatoms. The molecule has 0 radical (unpaired) electrons. The number of likely N-dealkylation sites (N-methyl/N-ethyl adjacent to an activating group) is 2. The molecule has 8 rings (SSSR count). The number of carbonyl (C=O) groups is 6. The summed E-state index contributed by atoms with van der Waals surface area (Å²) in [6.07, 6.45) is 11.2. The molecule has 92 heavy (non-hydrogen) atoms. The maximum Gasteiger partial charge on any atom is 0.272 e. The molecule has 0 unspecified atom stereocenters. The summed E-state index contributed by atoms with van der Waals surface area (Å²) in [6, 6.07) is 34.2. The number of methoxy groups -OCH3 is 2. The van der Waals surface area contributed by atoms with Crippen LogP contribution in [0.3, 0.4) is 0 Å². The Morgan fingerprint density at radius 1 is 0.543 bits per heavy atom. The number of nitrogens with one attached hydrogen (secondary N) is 4. The minimum absolute atomic E-state index is 0.0582. The predicted molar refractivity (Wildman–Crippen MR) is 357 cm³/mol. The number of amides is 6. The van der Waals surface area contributed by atoms with Crippen molar-refractivity contribution in [2.75, 3.05) is 55.5 Å². The SMILES string of the molecule is COc1cccc(OCc2ccccc2)c1-c1cc(C(=O)N[C@H](CC(=O)NCC(=O)N(C)C)CC(C)C)nn1C1CCC(C)CC1.COc1cccc(OCc2ccccc2)c1-c1cc(C(=O)N[C@H](CC(=O)NCC(=O)N(C)C)CC(C)C)nn1CC1CCCCC1. The van der Waals surface area contributed by atoms with Crippen LogP contribution in [0.1, 0.15) is 156 Å². The van der Waals surface area contributed by atoms with E-state index in [-0.39, 0.29) is 90.6 Å². The van der Waals surface area contributed by atoms with E-state index < -0.39 is 12.1 Å². The molecule has 0 bridgehead atoms. The molecule has 496 valence electrons. The molecule has 2 fully saturated rings. The van der Waals surface area contributed by atoms with Crippen LogP contribution in [0.5, 0.6) is 23.0 Å². The number of hydrogen-bond acceptors (Lipinski definition) is 12. The predicted octanol–water partition coefficient (Wildman–Crippen LogP) is 11.1. The van der Waals surface area contributed by atoms with Crippen LogP contribution in [-0.4, -0.2) is 132 Å². The number of ether oxygens (including phenoxy) is 4. The standard InChI is InChI=1S/2C36H49N5O5/c1-24(2)19-27(20-33(42)37-22-34(43)40(4)5)38-36(44)29-21-30(41(39-29)28-17-15-25(3)16-18-28)35-31(45-6)13-10-14-32(35)46-23-26-11-8-7-9-12-26;1-25(2)19-28(20-33(42)37-22-34(43)40(3)4)38-36(44)29-21-30(41(39-29)23-26-13-8-6-9-14-26)35-31(45-5)17-12-18-32(35)46-24-27-15-10-7-11-16-27/h7-14,21,24-25,27-28H,15-20,22-23H2,1-6H3,(H,37,42)(H,38,44);7,10-12,15-18,21,25-26,28H,6,8-9,13-14,19-20,22-24H2,1-5H3,(H,37,42)(H,38,44)/t25?,27-,28?;28-/m00/s1. The van der Waals surface area contributed by atoms with Crippen molar-refractivity contribution in [3.05, 3.63) is 132 Å². The van der Waals surface area contributed by atoms with E-state index in [0.717, 1.165) is 72.2 Å². The lowest BCUT2D eigenvalue weighted by molar-refractivity contribution is -0.131. The van der Waals surface area contributed by atoms with Gasteiger partial charge >= 0.3 is 0 Å². The van der Waals surface area contributed by atoms with E-state index in [9.17, 15) is 28.8 Å². The van der Waals surface area contributed by atoms with Crippen LogP contribution >= 0.6 is 0 Å². The van der Waals surface area contributed by atoms with Crippen molar-refractivity contribution in [2.45, 2.75) is 156 Å². The van der Waals surface area contributed by atoms with Gasteiger partial charge in [-0.2, -0.15) is 10.2 Å². The fourth-order valence-corrected chi connectivity index (χ4v) is 11.8. The minimum Gasteiger partial charge on any atom is -0.496 e. The first-order valence-corrected chi connectivity index (χ1v) is 32.6.